The third-order valence-electron chi connectivity index (χ3n) is 8.79. The minimum absolute atomic E-state index is 0.0120. The van der Waals surface area contributed by atoms with E-state index in [0.29, 0.717) is 58.1 Å². The quantitative estimate of drug-likeness (QED) is 0.0262. The van der Waals surface area contributed by atoms with Crippen molar-refractivity contribution in [3.05, 3.63) is 203 Å². The molecule has 0 unspecified atom stereocenters. The highest BCUT2D eigenvalue weighted by Gasteiger charge is 2.20. The highest BCUT2D eigenvalue weighted by Crippen LogP contribution is 2.19. The normalized spacial score (nSPS) is 11.3. The van der Waals surface area contributed by atoms with Gasteiger partial charge in [0.05, 0.1) is 24.3 Å². The number of oxime groups is 2. The molecule has 0 aliphatic rings. The molecule has 0 radical (unpaired) electrons. The number of benzene rings is 6. The molecule has 0 aliphatic heterocycles. The molecule has 6 rings (SSSR count). The van der Waals surface area contributed by atoms with Crippen molar-refractivity contribution in [3.8, 4) is 11.5 Å². The van der Waals surface area contributed by atoms with E-state index in [2.05, 4.69) is 10.3 Å². The number of ketones is 2. The maximum atomic E-state index is 13.5. The molecule has 290 valence electrons. The van der Waals surface area contributed by atoms with Gasteiger partial charge in [-0.2, -0.15) is 0 Å². The summed E-state index contributed by atoms with van der Waals surface area (Å²) in [6.45, 7) is 1.02. The van der Waals surface area contributed by atoms with Crippen LogP contribution < -0.4 is 9.47 Å². The van der Waals surface area contributed by atoms with E-state index in [0.717, 1.165) is 25.7 Å². The summed E-state index contributed by atoms with van der Waals surface area (Å²) in [5.74, 6) is -0.847. The van der Waals surface area contributed by atoms with Crippen molar-refractivity contribution in [3.63, 3.8) is 0 Å². The number of Topliss-reactive ketones (excluding diaryl/α,β-unsaturated/α-hetero) is 2. The number of carbonyl (C=O) groups excluding carboxylic acids is 4. The Morgan fingerprint density at radius 2 is 0.655 bits per heavy atom. The van der Waals surface area contributed by atoms with Gasteiger partial charge in [0.15, 0.2) is 11.4 Å². The molecule has 0 fully saturated rings. The molecule has 0 spiro atoms. The van der Waals surface area contributed by atoms with Gasteiger partial charge in [-0.3, -0.25) is 9.59 Å². The first-order chi connectivity index (χ1) is 28.5. The fourth-order valence-electron chi connectivity index (χ4n) is 5.69. The fraction of sp³-hybridized carbons (Fsp3) is 0.125. The van der Waals surface area contributed by atoms with Crippen molar-refractivity contribution in [1.29, 1.82) is 0 Å². The molecule has 0 bridgehead atoms. The van der Waals surface area contributed by atoms with Gasteiger partial charge in [-0.15, -0.1) is 0 Å². The number of unbranched alkanes of at least 4 members (excludes halogenated alkanes) is 3. The van der Waals surface area contributed by atoms with Gasteiger partial charge >= 0.3 is 11.9 Å². The van der Waals surface area contributed by atoms with E-state index >= 15 is 0 Å². The number of hydrogen-bond donors (Lipinski definition) is 0. The zero-order valence-electron chi connectivity index (χ0n) is 31.6. The highest BCUT2D eigenvalue weighted by atomic mass is 16.7. The highest BCUT2D eigenvalue weighted by molar-refractivity contribution is 6.52. The van der Waals surface area contributed by atoms with Crippen molar-refractivity contribution in [1.82, 2.24) is 0 Å². The van der Waals surface area contributed by atoms with Crippen LogP contribution in [0.3, 0.4) is 0 Å². The Labute approximate surface area is 336 Å². The summed E-state index contributed by atoms with van der Waals surface area (Å²) >= 11 is 0. The Bertz CT molecular complexity index is 2160. The number of carbonyl (C=O) groups is 4. The third kappa shape index (κ3) is 11.5. The third-order valence-corrected chi connectivity index (χ3v) is 8.79. The fourth-order valence-corrected chi connectivity index (χ4v) is 5.69. The largest absolute Gasteiger partial charge is 0.494 e. The van der Waals surface area contributed by atoms with Crippen molar-refractivity contribution in [2.24, 2.45) is 10.3 Å². The average Bonchev–Trinajstić information content (AvgIpc) is 3.29. The van der Waals surface area contributed by atoms with Crippen LogP contribution in [0, 0.1) is 0 Å². The van der Waals surface area contributed by atoms with Gasteiger partial charge in [-0.25, -0.2) is 9.59 Å². The van der Waals surface area contributed by atoms with Crippen LogP contribution in [0.25, 0.3) is 0 Å². The van der Waals surface area contributed by atoms with E-state index in [-0.39, 0.29) is 11.4 Å². The number of hydrogen-bond acceptors (Lipinski definition) is 10. The maximum Gasteiger partial charge on any atom is 0.365 e. The molecule has 0 N–H and O–H groups in total. The molecular weight excluding hydrogens is 733 g/mol. The molecule has 0 aliphatic carbocycles. The van der Waals surface area contributed by atoms with Gasteiger partial charge in [0.2, 0.25) is 11.6 Å². The van der Waals surface area contributed by atoms with Crippen LogP contribution in [0.15, 0.2) is 180 Å². The second kappa shape index (κ2) is 21.0. The SMILES string of the molecule is O=C(O/N=C(/C(=O)c1ccc(OCCCCCCOc2ccc(C(=O)/C(=N/OC(=O)c3ccccc3)c3ccccc3)cc2)cc1)c1ccccc1)c1ccccc1. The number of ether oxygens (including phenoxy) is 2. The molecule has 0 atom stereocenters. The summed E-state index contributed by atoms with van der Waals surface area (Å²) in [5, 5.41) is 7.94. The van der Waals surface area contributed by atoms with Crippen LogP contribution in [0.2, 0.25) is 0 Å². The van der Waals surface area contributed by atoms with Gasteiger partial charge < -0.3 is 19.1 Å². The van der Waals surface area contributed by atoms with Crippen LogP contribution in [-0.2, 0) is 9.68 Å². The maximum absolute atomic E-state index is 13.5. The van der Waals surface area contributed by atoms with E-state index in [9.17, 15) is 19.2 Å². The standard InChI is InChI=1S/C48H40N2O8/c51-45(43(35-17-7-3-8-18-35)49-57-47(53)39-21-11-5-12-22-39)37-25-29-41(30-26-37)55-33-15-1-2-16-34-56-42-31-27-38(28-32-42)46(52)44(36-19-9-4-10-20-36)50-58-48(54)40-23-13-6-14-24-40/h3-14,17-32H,1-2,15-16,33-34H2/b49-43+,50-44+. The van der Waals surface area contributed by atoms with Crippen molar-refractivity contribution in [2.75, 3.05) is 13.2 Å². The second-order valence-electron chi connectivity index (χ2n) is 12.9. The Morgan fingerprint density at radius 3 is 0.983 bits per heavy atom. The van der Waals surface area contributed by atoms with Crippen molar-refractivity contribution >= 4 is 34.9 Å². The van der Waals surface area contributed by atoms with Crippen molar-refractivity contribution < 1.29 is 38.3 Å². The molecule has 6 aromatic rings. The molecule has 6 aromatic carbocycles. The van der Waals surface area contributed by atoms with Crippen LogP contribution >= 0.6 is 0 Å². The monoisotopic (exact) mass is 772 g/mol. The van der Waals surface area contributed by atoms with Gasteiger partial charge in [-0.05, 0) is 98.5 Å². The summed E-state index contributed by atoms with van der Waals surface area (Å²) < 4.78 is 11.8. The summed E-state index contributed by atoms with van der Waals surface area (Å²) in [6, 6.07) is 48.1. The van der Waals surface area contributed by atoms with Crippen molar-refractivity contribution in [2.45, 2.75) is 25.7 Å². The predicted molar refractivity (Wildman–Crippen MR) is 221 cm³/mol. The summed E-state index contributed by atoms with van der Waals surface area (Å²) in [5.41, 5.74) is 2.47. The van der Waals surface area contributed by atoms with Gasteiger partial charge in [-0.1, -0.05) is 107 Å². The Hall–Kier alpha value is -7.46. The minimum atomic E-state index is -0.661. The van der Waals surface area contributed by atoms with Crippen LogP contribution in [0.1, 0.15) is 78.2 Å². The lowest BCUT2D eigenvalue weighted by atomic mass is 10.0. The van der Waals surface area contributed by atoms with Crippen LogP contribution in [-0.4, -0.2) is 48.1 Å². The van der Waals surface area contributed by atoms with Gasteiger partial charge in [0.1, 0.15) is 11.5 Å². The lowest BCUT2D eigenvalue weighted by Crippen LogP contribution is -2.17. The van der Waals surface area contributed by atoms with Gasteiger partial charge in [0.25, 0.3) is 0 Å². The molecule has 0 heterocycles. The first kappa shape index (κ1) is 40.2. The van der Waals surface area contributed by atoms with E-state index in [1.54, 1.807) is 158 Å². The smallest absolute Gasteiger partial charge is 0.365 e. The van der Waals surface area contributed by atoms with Crippen LogP contribution in [0.5, 0.6) is 11.5 Å². The summed E-state index contributed by atoms with van der Waals surface area (Å²) in [6.07, 6.45) is 3.53. The Balaban J connectivity index is 0.923. The molecule has 0 aromatic heterocycles. The van der Waals surface area contributed by atoms with E-state index in [1.807, 2.05) is 12.1 Å². The molecule has 0 amide bonds. The zero-order valence-corrected chi connectivity index (χ0v) is 31.6. The van der Waals surface area contributed by atoms with E-state index in [4.69, 9.17) is 19.1 Å². The Morgan fingerprint density at radius 1 is 0.345 bits per heavy atom. The molecule has 10 heteroatoms. The van der Waals surface area contributed by atoms with E-state index < -0.39 is 23.5 Å². The lowest BCUT2D eigenvalue weighted by Gasteiger charge is -2.09. The average molecular weight is 773 g/mol. The zero-order chi connectivity index (χ0) is 40.4. The topological polar surface area (TPSA) is 130 Å². The number of rotatable bonds is 19. The first-order valence-electron chi connectivity index (χ1n) is 18.8. The molecule has 10 nitrogen and oxygen atoms in total. The number of nitrogens with zero attached hydrogens (tertiary/aromatic N) is 2. The minimum Gasteiger partial charge on any atom is -0.494 e. The van der Waals surface area contributed by atoms with E-state index in [1.165, 1.54) is 0 Å². The second-order valence-corrected chi connectivity index (χ2v) is 12.9. The summed E-state index contributed by atoms with van der Waals surface area (Å²) in [7, 11) is 0. The predicted octanol–water partition coefficient (Wildman–Crippen LogP) is 9.59. The lowest BCUT2D eigenvalue weighted by molar-refractivity contribution is 0.0506. The van der Waals surface area contributed by atoms with Gasteiger partial charge in [0, 0.05) is 22.3 Å². The molecule has 58 heavy (non-hydrogen) atoms. The molecule has 0 saturated carbocycles. The molecule has 0 saturated heterocycles. The molecular formula is C48H40N2O8. The summed E-state index contributed by atoms with van der Waals surface area (Å²) in [4.78, 5) is 62.3. The Kier molecular flexibility index (Phi) is 14.6. The first-order valence-corrected chi connectivity index (χ1v) is 18.8. The van der Waals surface area contributed by atoms with Crippen LogP contribution in [0.4, 0.5) is 0 Å².